The minimum atomic E-state index is 0.00757. The highest BCUT2D eigenvalue weighted by Crippen LogP contribution is 2.28. The number of benzene rings is 1. The molecule has 0 atom stereocenters. The number of hydrogen-bond donors (Lipinski definition) is 0. The molecule has 1 saturated heterocycles. The third-order valence-electron chi connectivity index (χ3n) is 5.21. The van der Waals surface area contributed by atoms with Gasteiger partial charge in [0, 0.05) is 38.4 Å². The molecule has 28 heavy (non-hydrogen) atoms. The highest BCUT2D eigenvalue weighted by atomic mass is 16.5. The maximum absolute atomic E-state index is 13.0. The highest BCUT2D eigenvalue weighted by molar-refractivity contribution is 5.96. The molecule has 0 saturated carbocycles. The lowest BCUT2D eigenvalue weighted by atomic mass is 10.2. The van der Waals surface area contributed by atoms with Crippen LogP contribution in [0.4, 0.5) is 5.69 Å². The van der Waals surface area contributed by atoms with E-state index < -0.39 is 0 Å². The van der Waals surface area contributed by atoms with Crippen molar-refractivity contribution >= 4 is 22.8 Å². The van der Waals surface area contributed by atoms with Crippen LogP contribution in [0.2, 0.25) is 0 Å². The van der Waals surface area contributed by atoms with Gasteiger partial charge in [0.2, 0.25) is 0 Å². The normalized spacial score (nSPS) is 14.7. The van der Waals surface area contributed by atoms with Crippen LogP contribution in [-0.2, 0) is 0 Å². The summed E-state index contributed by atoms with van der Waals surface area (Å²) in [5, 5.41) is 0. The number of piperazine rings is 1. The molecule has 1 fully saturated rings. The van der Waals surface area contributed by atoms with Gasteiger partial charge in [0.05, 0.1) is 24.7 Å². The molecule has 2 aromatic heterocycles. The van der Waals surface area contributed by atoms with Crippen molar-refractivity contribution in [3.05, 3.63) is 48.4 Å². The van der Waals surface area contributed by atoms with Gasteiger partial charge in [-0.05, 0) is 32.0 Å². The zero-order valence-corrected chi connectivity index (χ0v) is 16.5. The Morgan fingerprint density at radius 1 is 1.11 bits per heavy atom. The van der Waals surface area contributed by atoms with E-state index in [-0.39, 0.29) is 11.9 Å². The molecule has 0 bridgehead atoms. The summed E-state index contributed by atoms with van der Waals surface area (Å²) in [4.78, 5) is 26.0. The van der Waals surface area contributed by atoms with Crippen molar-refractivity contribution in [1.82, 2.24) is 19.4 Å². The monoisotopic (exact) mass is 379 g/mol. The van der Waals surface area contributed by atoms with Gasteiger partial charge in [0.25, 0.3) is 5.91 Å². The lowest BCUT2D eigenvalue weighted by molar-refractivity contribution is 0.0746. The number of pyridine rings is 1. The summed E-state index contributed by atoms with van der Waals surface area (Å²) >= 11 is 0. The molecular formula is C21H25N5O2. The second-order valence-corrected chi connectivity index (χ2v) is 7.26. The van der Waals surface area contributed by atoms with Crippen molar-refractivity contribution in [3.63, 3.8) is 0 Å². The van der Waals surface area contributed by atoms with E-state index in [0.717, 1.165) is 35.7 Å². The molecule has 0 radical (unpaired) electrons. The van der Waals surface area contributed by atoms with E-state index in [9.17, 15) is 4.79 Å². The van der Waals surface area contributed by atoms with E-state index in [1.807, 2.05) is 33.7 Å². The molecule has 7 heteroatoms. The van der Waals surface area contributed by atoms with Gasteiger partial charge in [-0.25, -0.2) is 9.97 Å². The van der Waals surface area contributed by atoms with E-state index in [2.05, 4.69) is 34.8 Å². The van der Waals surface area contributed by atoms with Crippen LogP contribution in [0.1, 0.15) is 30.2 Å². The second kappa shape index (κ2) is 7.50. The second-order valence-electron chi connectivity index (χ2n) is 7.26. The van der Waals surface area contributed by atoms with E-state index in [1.165, 1.54) is 0 Å². The zero-order chi connectivity index (χ0) is 19.7. The zero-order valence-electron chi connectivity index (χ0n) is 16.5. The van der Waals surface area contributed by atoms with Gasteiger partial charge in [0.1, 0.15) is 11.3 Å². The van der Waals surface area contributed by atoms with Crippen molar-refractivity contribution in [2.75, 3.05) is 38.2 Å². The van der Waals surface area contributed by atoms with Gasteiger partial charge in [0.15, 0.2) is 5.65 Å². The fourth-order valence-electron chi connectivity index (χ4n) is 3.64. The number of nitrogens with zero attached hydrogens (tertiary/aromatic N) is 5. The lowest BCUT2D eigenvalue weighted by Crippen LogP contribution is -2.48. The average molecular weight is 379 g/mol. The Balaban J connectivity index is 1.47. The molecule has 1 aliphatic rings. The highest BCUT2D eigenvalue weighted by Gasteiger charge is 2.24. The van der Waals surface area contributed by atoms with Crippen molar-refractivity contribution in [2.24, 2.45) is 0 Å². The third kappa shape index (κ3) is 3.28. The van der Waals surface area contributed by atoms with Crippen LogP contribution < -0.4 is 9.64 Å². The first-order valence-electron chi connectivity index (χ1n) is 9.58. The number of aromatic nitrogens is 3. The van der Waals surface area contributed by atoms with Gasteiger partial charge in [-0.1, -0.05) is 12.1 Å². The Labute approximate surface area is 164 Å². The van der Waals surface area contributed by atoms with Crippen LogP contribution in [0.15, 0.2) is 42.9 Å². The molecular weight excluding hydrogens is 354 g/mol. The lowest BCUT2D eigenvalue weighted by Gasteiger charge is -2.36. The van der Waals surface area contributed by atoms with Gasteiger partial charge in [-0.15, -0.1) is 0 Å². The van der Waals surface area contributed by atoms with Crippen LogP contribution in [0.3, 0.4) is 0 Å². The summed E-state index contributed by atoms with van der Waals surface area (Å²) in [7, 11) is 1.68. The largest absolute Gasteiger partial charge is 0.495 e. The molecule has 3 heterocycles. The summed E-state index contributed by atoms with van der Waals surface area (Å²) in [5.41, 5.74) is 3.23. The molecule has 0 spiro atoms. The van der Waals surface area contributed by atoms with Crippen LogP contribution in [0.25, 0.3) is 11.2 Å². The molecule has 0 N–H and O–H groups in total. The topological polar surface area (TPSA) is 63.5 Å². The van der Waals surface area contributed by atoms with E-state index in [0.29, 0.717) is 18.7 Å². The molecule has 1 aliphatic heterocycles. The predicted molar refractivity (Wildman–Crippen MR) is 109 cm³/mol. The predicted octanol–water partition coefficient (Wildman–Crippen LogP) is 2.98. The summed E-state index contributed by atoms with van der Waals surface area (Å²) in [6.07, 6.45) is 3.44. The number of fused-ring (bicyclic) bond motifs is 1. The number of methoxy groups -OCH3 is 1. The summed E-state index contributed by atoms with van der Waals surface area (Å²) in [5.74, 6) is 0.867. The average Bonchev–Trinajstić information content (AvgIpc) is 3.17. The van der Waals surface area contributed by atoms with Crippen LogP contribution >= 0.6 is 0 Å². The van der Waals surface area contributed by atoms with Crippen molar-refractivity contribution in [1.29, 1.82) is 0 Å². The number of ether oxygens (including phenoxy) is 1. The summed E-state index contributed by atoms with van der Waals surface area (Å²) < 4.78 is 7.47. The van der Waals surface area contributed by atoms with Gasteiger partial charge in [-0.2, -0.15) is 0 Å². The molecule has 4 rings (SSSR count). The standard InChI is InChI=1S/C21H25N5O2/c1-15(2)26-14-23-17-12-16(13-22-20(17)26)21(27)25-10-8-24(9-11-25)18-6-4-5-7-19(18)28-3/h4-7,12-15H,8-11H2,1-3H3. The van der Waals surface area contributed by atoms with Crippen LogP contribution in [-0.4, -0.2) is 58.6 Å². The van der Waals surface area contributed by atoms with E-state index in [4.69, 9.17) is 4.74 Å². The first kappa shape index (κ1) is 18.3. The Morgan fingerprint density at radius 3 is 2.57 bits per heavy atom. The summed E-state index contributed by atoms with van der Waals surface area (Å²) in [6, 6.07) is 10.1. The maximum atomic E-state index is 13.0. The van der Waals surface area contributed by atoms with E-state index in [1.54, 1.807) is 19.6 Å². The molecule has 1 aromatic carbocycles. The van der Waals surface area contributed by atoms with Crippen molar-refractivity contribution in [2.45, 2.75) is 19.9 Å². The molecule has 0 unspecified atom stereocenters. The minimum Gasteiger partial charge on any atom is -0.495 e. The van der Waals surface area contributed by atoms with E-state index >= 15 is 0 Å². The molecule has 3 aromatic rings. The number of imidazole rings is 1. The Hall–Kier alpha value is -3.09. The Bertz CT molecular complexity index is 989. The first-order valence-corrected chi connectivity index (χ1v) is 9.58. The van der Waals surface area contributed by atoms with Crippen LogP contribution in [0.5, 0.6) is 5.75 Å². The number of anilines is 1. The van der Waals surface area contributed by atoms with Crippen LogP contribution in [0, 0.1) is 0 Å². The third-order valence-corrected chi connectivity index (χ3v) is 5.21. The quantitative estimate of drug-likeness (QED) is 0.697. The van der Waals surface area contributed by atoms with Crippen molar-refractivity contribution in [3.8, 4) is 5.75 Å². The molecule has 0 aliphatic carbocycles. The first-order chi connectivity index (χ1) is 13.6. The Morgan fingerprint density at radius 2 is 1.86 bits per heavy atom. The molecule has 146 valence electrons. The number of amides is 1. The number of hydrogen-bond acceptors (Lipinski definition) is 5. The molecule has 1 amide bonds. The number of para-hydroxylation sites is 2. The fraction of sp³-hybridized carbons (Fsp3) is 0.381. The molecule has 7 nitrogen and oxygen atoms in total. The van der Waals surface area contributed by atoms with Gasteiger partial charge in [-0.3, -0.25) is 4.79 Å². The smallest absolute Gasteiger partial charge is 0.255 e. The van der Waals surface area contributed by atoms with Gasteiger partial charge < -0.3 is 19.1 Å². The number of carbonyl (C=O) groups is 1. The number of carbonyl (C=O) groups excluding carboxylic acids is 1. The SMILES string of the molecule is COc1ccccc1N1CCN(C(=O)c2cnc3c(c2)ncn3C(C)C)CC1. The Kier molecular flexibility index (Phi) is 4.90. The number of rotatable bonds is 4. The minimum absolute atomic E-state index is 0.00757. The summed E-state index contributed by atoms with van der Waals surface area (Å²) in [6.45, 7) is 7.03. The van der Waals surface area contributed by atoms with Gasteiger partial charge >= 0.3 is 0 Å². The maximum Gasteiger partial charge on any atom is 0.255 e. The fourth-order valence-corrected chi connectivity index (χ4v) is 3.64. The van der Waals surface area contributed by atoms with Crippen molar-refractivity contribution < 1.29 is 9.53 Å².